The molecule has 4 aromatic rings. The van der Waals surface area contributed by atoms with E-state index in [1.165, 1.54) is 42.7 Å². The van der Waals surface area contributed by atoms with Gasteiger partial charge in [0.25, 0.3) is 5.91 Å². The van der Waals surface area contributed by atoms with Crippen molar-refractivity contribution < 1.29 is 35.5 Å². The van der Waals surface area contributed by atoms with Crippen molar-refractivity contribution in [1.82, 2.24) is 9.97 Å². The highest BCUT2D eigenvalue weighted by atomic mass is 32.2. The van der Waals surface area contributed by atoms with Gasteiger partial charge in [0, 0.05) is 41.3 Å². The summed E-state index contributed by atoms with van der Waals surface area (Å²) in [7, 11) is -3.60. The normalized spacial score (nSPS) is 11.9. The van der Waals surface area contributed by atoms with Crippen LogP contribution in [0.1, 0.15) is 15.9 Å². The largest absolute Gasteiger partial charge is 0.438 e. The molecule has 1 amide bonds. The maximum absolute atomic E-state index is 14.1. The molecule has 0 aliphatic heterocycles. The molecule has 35 heavy (non-hydrogen) atoms. The van der Waals surface area contributed by atoms with Gasteiger partial charge in [-0.2, -0.15) is 13.2 Å². The first-order chi connectivity index (χ1) is 16.4. The number of ether oxygens (including phenoxy) is 1. The number of alkyl halides is 3. The monoisotopic (exact) mass is 505 g/mol. The standard InChI is InChI=1S/C23H15F4N3O4S/c1-35(32,33)15-4-2-3-14(10-15)30-21(31)17-9-13(23(25,26)27)11-29-22(17)34-20-6-5-19(24)18-12-28-8-7-16(18)20/h2-12H,1H3,(H,30,31). The molecule has 0 fully saturated rings. The zero-order valence-corrected chi connectivity index (χ0v) is 18.6. The summed E-state index contributed by atoms with van der Waals surface area (Å²) in [6, 6.07) is 9.53. The minimum absolute atomic E-state index is 0.0274. The Hall–Kier alpha value is -4.06. The van der Waals surface area contributed by atoms with Gasteiger partial charge in [0.05, 0.1) is 10.5 Å². The Bertz CT molecular complexity index is 1560. The van der Waals surface area contributed by atoms with Crippen LogP contribution < -0.4 is 10.1 Å². The first-order valence-electron chi connectivity index (χ1n) is 9.82. The Morgan fingerprint density at radius 2 is 1.80 bits per heavy atom. The van der Waals surface area contributed by atoms with E-state index in [9.17, 15) is 30.8 Å². The number of benzene rings is 2. The first-order valence-corrected chi connectivity index (χ1v) is 11.7. The highest BCUT2D eigenvalue weighted by molar-refractivity contribution is 7.90. The fraction of sp³-hybridized carbons (Fsp3) is 0.0870. The zero-order chi connectivity index (χ0) is 25.4. The van der Waals surface area contributed by atoms with Crippen LogP contribution in [0.3, 0.4) is 0 Å². The fourth-order valence-corrected chi connectivity index (χ4v) is 3.84. The smallest absolute Gasteiger partial charge is 0.417 e. The molecule has 0 radical (unpaired) electrons. The van der Waals surface area contributed by atoms with E-state index in [1.54, 1.807) is 0 Å². The third kappa shape index (κ3) is 5.22. The summed E-state index contributed by atoms with van der Waals surface area (Å²) in [5, 5.41) is 2.72. The number of halogens is 4. The number of hydrogen-bond acceptors (Lipinski definition) is 6. The van der Waals surface area contributed by atoms with Crippen molar-refractivity contribution in [3.63, 3.8) is 0 Å². The molecule has 0 aliphatic rings. The van der Waals surface area contributed by atoms with Crippen molar-refractivity contribution in [3.8, 4) is 11.6 Å². The van der Waals surface area contributed by atoms with E-state index >= 15 is 0 Å². The summed E-state index contributed by atoms with van der Waals surface area (Å²) in [6.07, 6.45) is -0.703. The molecule has 2 aromatic carbocycles. The van der Waals surface area contributed by atoms with Crippen LogP contribution in [0.2, 0.25) is 0 Å². The van der Waals surface area contributed by atoms with Gasteiger partial charge >= 0.3 is 6.18 Å². The number of hydrogen-bond donors (Lipinski definition) is 1. The predicted octanol–water partition coefficient (Wildman–Crippen LogP) is 5.24. The molecule has 0 atom stereocenters. The van der Waals surface area contributed by atoms with Crippen LogP contribution in [0, 0.1) is 5.82 Å². The number of rotatable bonds is 5. The molecule has 0 spiro atoms. The molecular formula is C23H15F4N3O4S. The van der Waals surface area contributed by atoms with Crippen molar-refractivity contribution in [2.75, 3.05) is 11.6 Å². The Balaban J connectivity index is 1.76. The lowest BCUT2D eigenvalue weighted by Gasteiger charge is -2.15. The van der Waals surface area contributed by atoms with Crippen LogP contribution in [-0.4, -0.2) is 30.5 Å². The van der Waals surface area contributed by atoms with Crippen LogP contribution in [0.25, 0.3) is 10.8 Å². The van der Waals surface area contributed by atoms with Crippen LogP contribution in [0.5, 0.6) is 11.6 Å². The highest BCUT2D eigenvalue weighted by Crippen LogP contribution is 2.35. The van der Waals surface area contributed by atoms with E-state index in [-0.39, 0.29) is 27.1 Å². The summed E-state index contributed by atoms with van der Waals surface area (Å²) in [5.74, 6) is -2.06. The molecule has 0 saturated carbocycles. The summed E-state index contributed by atoms with van der Waals surface area (Å²) in [4.78, 5) is 20.4. The number of pyridine rings is 2. The lowest BCUT2D eigenvalue weighted by atomic mass is 10.1. The summed E-state index contributed by atoms with van der Waals surface area (Å²) in [6.45, 7) is 0. The molecule has 2 aromatic heterocycles. The van der Waals surface area contributed by atoms with Crippen molar-refractivity contribution in [3.05, 3.63) is 84.1 Å². The number of carbonyl (C=O) groups is 1. The van der Waals surface area contributed by atoms with Gasteiger partial charge in [-0.1, -0.05) is 6.07 Å². The second-order valence-electron chi connectivity index (χ2n) is 7.40. The van der Waals surface area contributed by atoms with Gasteiger partial charge < -0.3 is 10.1 Å². The van der Waals surface area contributed by atoms with Crippen molar-refractivity contribution in [2.24, 2.45) is 0 Å². The van der Waals surface area contributed by atoms with Gasteiger partial charge in [-0.15, -0.1) is 0 Å². The predicted molar refractivity (Wildman–Crippen MR) is 119 cm³/mol. The van der Waals surface area contributed by atoms with E-state index in [0.29, 0.717) is 12.3 Å². The van der Waals surface area contributed by atoms with E-state index < -0.39 is 44.7 Å². The number of aromatic nitrogens is 2. The Morgan fingerprint density at radius 1 is 1.03 bits per heavy atom. The number of carbonyl (C=O) groups excluding carboxylic acids is 1. The Labute approximate surface area is 196 Å². The minimum atomic E-state index is -4.80. The SMILES string of the molecule is CS(=O)(=O)c1cccc(NC(=O)c2cc(C(F)(F)F)cnc2Oc2ccc(F)c3cnccc23)c1. The molecule has 4 rings (SSSR count). The van der Waals surface area contributed by atoms with Gasteiger partial charge in [-0.3, -0.25) is 9.78 Å². The summed E-state index contributed by atoms with van der Waals surface area (Å²) < 4.78 is 83.3. The lowest BCUT2D eigenvalue weighted by Crippen LogP contribution is -2.16. The average Bonchev–Trinajstić information content (AvgIpc) is 2.80. The van der Waals surface area contributed by atoms with Gasteiger partial charge in [-0.05, 0) is 42.5 Å². The first kappa shape index (κ1) is 24.1. The van der Waals surface area contributed by atoms with Crippen molar-refractivity contribution in [2.45, 2.75) is 11.1 Å². The molecule has 2 heterocycles. The second-order valence-corrected chi connectivity index (χ2v) is 9.41. The molecule has 0 bridgehead atoms. The van der Waals surface area contributed by atoms with Gasteiger partial charge in [0.2, 0.25) is 5.88 Å². The summed E-state index contributed by atoms with van der Waals surface area (Å²) in [5.41, 5.74) is -1.75. The number of sulfone groups is 1. The maximum Gasteiger partial charge on any atom is 0.417 e. The number of fused-ring (bicyclic) bond motifs is 1. The van der Waals surface area contributed by atoms with Gasteiger partial charge in [0.1, 0.15) is 17.1 Å². The number of amides is 1. The molecule has 0 unspecified atom stereocenters. The van der Waals surface area contributed by atoms with Gasteiger partial charge in [0.15, 0.2) is 9.84 Å². The minimum Gasteiger partial charge on any atom is -0.438 e. The number of anilines is 1. The molecule has 180 valence electrons. The second kappa shape index (κ2) is 8.95. The topological polar surface area (TPSA) is 98.2 Å². The summed E-state index contributed by atoms with van der Waals surface area (Å²) >= 11 is 0. The maximum atomic E-state index is 14.1. The molecule has 0 saturated heterocycles. The van der Waals surface area contributed by atoms with Crippen molar-refractivity contribution >= 4 is 32.2 Å². The van der Waals surface area contributed by atoms with Crippen molar-refractivity contribution in [1.29, 1.82) is 0 Å². The highest BCUT2D eigenvalue weighted by Gasteiger charge is 2.33. The average molecular weight is 505 g/mol. The molecule has 1 N–H and O–H groups in total. The molecule has 0 aliphatic carbocycles. The quantitative estimate of drug-likeness (QED) is 0.373. The number of nitrogens with one attached hydrogen (secondary N) is 1. The van der Waals surface area contributed by atoms with E-state index in [0.717, 1.165) is 18.4 Å². The number of nitrogens with zero attached hydrogens (tertiary/aromatic N) is 2. The fourth-order valence-electron chi connectivity index (χ4n) is 3.18. The van der Waals surface area contributed by atoms with Crippen LogP contribution in [-0.2, 0) is 16.0 Å². The van der Waals surface area contributed by atoms with Crippen LogP contribution in [0.15, 0.2) is 72.0 Å². The lowest BCUT2D eigenvalue weighted by molar-refractivity contribution is -0.137. The van der Waals surface area contributed by atoms with Crippen LogP contribution >= 0.6 is 0 Å². The van der Waals surface area contributed by atoms with E-state index in [2.05, 4.69) is 15.3 Å². The molecule has 7 nitrogen and oxygen atoms in total. The Kier molecular flexibility index (Phi) is 6.15. The third-order valence-corrected chi connectivity index (χ3v) is 5.98. The molecule has 12 heteroatoms. The van der Waals surface area contributed by atoms with E-state index in [4.69, 9.17) is 4.74 Å². The zero-order valence-electron chi connectivity index (χ0n) is 17.8. The molecular weight excluding hydrogens is 490 g/mol. The van der Waals surface area contributed by atoms with Crippen LogP contribution in [0.4, 0.5) is 23.2 Å². The third-order valence-electron chi connectivity index (χ3n) is 4.87. The Morgan fingerprint density at radius 3 is 2.51 bits per heavy atom. The van der Waals surface area contributed by atoms with E-state index in [1.807, 2.05) is 0 Å². The van der Waals surface area contributed by atoms with Gasteiger partial charge in [-0.25, -0.2) is 17.8 Å².